The first-order valence-corrected chi connectivity index (χ1v) is 16.1. The second-order valence-electron chi connectivity index (χ2n) is 11.7. The second kappa shape index (κ2) is 9.43. The maximum absolute atomic E-state index is 6.12. The molecule has 2 nitrogen and oxygen atoms in total. The molecule has 0 bridgehead atoms. The van der Waals surface area contributed by atoms with Gasteiger partial charge in [-0.15, -0.1) is 11.3 Å². The van der Waals surface area contributed by atoms with Crippen LogP contribution in [0.1, 0.15) is 0 Å². The zero-order valence-corrected chi connectivity index (χ0v) is 25.0. The van der Waals surface area contributed by atoms with E-state index < -0.39 is 0 Å². The highest BCUT2D eigenvalue weighted by atomic mass is 32.1. The van der Waals surface area contributed by atoms with Crippen molar-refractivity contribution in [2.75, 3.05) is 0 Å². The Bertz CT molecular complexity index is 2760. The van der Waals surface area contributed by atoms with E-state index in [0.717, 1.165) is 27.6 Å². The van der Waals surface area contributed by atoms with E-state index in [9.17, 15) is 0 Å². The molecule has 0 saturated carbocycles. The highest BCUT2D eigenvalue weighted by Crippen LogP contribution is 2.39. The van der Waals surface area contributed by atoms with Gasteiger partial charge in [0, 0.05) is 47.4 Å². The fraction of sp³-hybridized carbons (Fsp3) is 0. The number of rotatable bonds is 3. The summed E-state index contributed by atoms with van der Waals surface area (Å²) in [5, 5.41) is 7.45. The van der Waals surface area contributed by atoms with E-state index in [2.05, 4.69) is 144 Å². The molecule has 0 unspecified atom stereocenters. The Kier molecular flexibility index (Phi) is 5.19. The van der Waals surface area contributed by atoms with Crippen LogP contribution in [0, 0.1) is 0 Å². The smallest absolute Gasteiger partial charge is 0.135 e. The predicted molar refractivity (Wildman–Crippen MR) is 192 cm³/mol. The molecule has 0 saturated heterocycles. The summed E-state index contributed by atoms with van der Waals surface area (Å²) >= 11 is 1.86. The third kappa shape index (κ3) is 3.75. The van der Waals surface area contributed by atoms with Gasteiger partial charge in [0.2, 0.25) is 0 Å². The number of furan rings is 1. The molecule has 0 N–H and O–H groups in total. The van der Waals surface area contributed by atoms with E-state index in [1.807, 2.05) is 23.5 Å². The molecule has 0 aliphatic heterocycles. The van der Waals surface area contributed by atoms with Crippen LogP contribution >= 0.6 is 11.3 Å². The Labute approximate surface area is 263 Å². The van der Waals surface area contributed by atoms with Crippen molar-refractivity contribution >= 4 is 75.3 Å². The van der Waals surface area contributed by atoms with Crippen LogP contribution in [0.2, 0.25) is 0 Å². The summed E-state index contributed by atoms with van der Waals surface area (Å²) in [4.78, 5) is 0. The van der Waals surface area contributed by atoms with Gasteiger partial charge < -0.3 is 8.98 Å². The first kappa shape index (κ1) is 24.8. The van der Waals surface area contributed by atoms with Gasteiger partial charge in [-0.3, -0.25) is 0 Å². The first-order chi connectivity index (χ1) is 22.3. The molecular weight excluding hydrogens is 567 g/mol. The Morgan fingerprint density at radius 3 is 1.82 bits per heavy atom. The zero-order chi connectivity index (χ0) is 29.5. The largest absolute Gasteiger partial charge is 0.456 e. The van der Waals surface area contributed by atoms with Crippen molar-refractivity contribution < 1.29 is 4.42 Å². The van der Waals surface area contributed by atoms with Gasteiger partial charge >= 0.3 is 0 Å². The quantitative estimate of drug-likeness (QED) is 0.200. The number of fused-ring (bicyclic) bond motifs is 9. The Morgan fingerprint density at radius 1 is 0.378 bits per heavy atom. The lowest BCUT2D eigenvalue weighted by molar-refractivity contribution is 0.669. The number of hydrogen-bond acceptors (Lipinski definition) is 2. The Morgan fingerprint density at radius 2 is 0.978 bits per heavy atom. The Hall–Kier alpha value is -5.64. The van der Waals surface area contributed by atoms with E-state index in [1.54, 1.807) is 0 Å². The van der Waals surface area contributed by atoms with E-state index in [4.69, 9.17) is 4.42 Å². The summed E-state index contributed by atoms with van der Waals surface area (Å²) in [7, 11) is 0. The van der Waals surface area contributed by atoms with Crippen LogP contribution in [0.4, 0.5) is 0 Å². The maximum atomic E-state index is 6.12. The van der Waals surface area contributed by atoms with Crippen LogP contribution in [0.15, 0.2) is 156 Å². The van der Waals surface area contributed by atoms with Gasteiger partial charge in [0.15, 0.2) is 0 Å². The molecule has 0 aliphatic rings. The lowest BCUT2D eigenvalue weighted by Crippen LogP contribution is -1.93. The van der Waals surface area contributed by atoms with Crippen LogP contribution in [0.5, 0.6) is 0 Å². The zero-order valence-electron chi connectivity index (χ0n) is 24.2. The lowest BCUT2D eigenvalue weighted by atomic mass is 9.98. The summed E-state index contributed by atoms with van der Waals surface area (Å²) in [6.45, 7) is 0. The van der Waals surface area contributed by atoms with Crippen LogP contribution in [0.3, 0.4) is 0 Å². The van der Waals surface area contributed by atoms with Gasteiger partial charge in [-0.25, -0.2) is 0 Å². The van der Waals surface area contributed by atoms with Crippen molar-refractivity contribution in [2.24, 2.45) is 0 Å². The summed E-state index contributed by atoms with van der Waals surface area (Å²) in [5.41, 5.74) is 10.3. The third-order valence-corrected chi connectivity index (χ3v) is 10.4. The fourth-order valence-corrected chi connectivity index (χ4v) is 8.13. The standard InChI is InChI=1S/C42H25NOS/c1-4-10-37-31(7-1)34-23-28(17-20-38(34)43(37)30-19-21-40-35(25-30)32-8-2-5-11-39(32)44-40)26-13-15-27(16-14-26)29-18-22-42-36(24-29)33-9-3-6-12-41(33)45-42/h1-25H. The fourth-order valence-electron chi connectivity index (χ4n) is 7.04. The highest BCUT2D eigenvalue weighted by molar-refractivity contribution is 7.25. The average molecular weight is 592 g/mol. The van der Waals surface area contributed by atoms with Gasteiger partial charge in [0.05, 0.1) is 11.0 Å². The number of aromatic nitrogens is 1. The van der Waals surface area contributed by atoms with Crippen LogP contribution in [-0.4, -0.2) is 4.57 Å². The molecule has 3 heteroatoms. The molecular formula is C42H25NOS. The van der Waals surface area contributed by atoms with Crippen molar-refractivity contribution in [1.29, 1.82) is 0 Å². The van der Waals surface area contributed by atoms with Crippen molar-refractivity contribution in [3.63, 3.8) is 0 Å². The molecule has 0 amide bonds. The molecule has 10 rings (SSSR count). The van der Waals surface area contributed by atoms with Crippen molar-refractivity contribution in [1.82, 2.24) is 4.57 Å². The number of thiophene rings is 1. The van der Waals surface area contributed by atoms with Crippen molar-refractivity contribution in [3.05, 3.63) is 152 Å². The average Bonchev–Trinajstić information content (AvgIpc) is 3.77. The highest BCUT2D eigenvalue weighted by Gasteiger charge is 2.15. The Balaban J connectivity index is 1.07. The van der Waals surface area contributed by atoms with Crippen LogP contribution < -0.4 is 0 Å². The van der Waals surface area contributed by atoms with E-state index >= 15 is 0 Å². The monoisotopic (exact) mass is 591 g/mol. The summed E-state index contributed by atoms with van der Waals surface area (Å²) < 4.78 is 11.2. The summed E-state index contributed by atoms with van der Waals surface area (Å²) in [5.74, 6) is 0. The maximum Gasteiger partial charge on any atom is 0.135 e. The normalized spacial score (nSPS) is 12.0. The van der Waals surface area contributed by atoms with Crippen LogP contribution in [0.25, 0.3) is 91.9 Å². The van der Waals surface area contributed by atoms with Gasteiger partial charge in [0.25, 0.3) is 0 Å². The minimum Gasteiger partial charge on any atom is -0.456 e. The molecule has 0 spiro atoms. The SMILES string of the molecule is c1ccc2c(c1)oc1ccc(-n3c4ccccc4c4cc(-c5ccc(-c6ccc7sc8ccccc8c7c6)cc5)ccc43)cc12. The van der Waals surface area contributed by atoms with Crippen molar-refractivity contribution in [3.8, 4) is 27.9 Å². The molecule has 0 fully saturated rings. The third-order valence-electron chi connectivity index (χ3n) is 9.22. The minimum atomic E-state index is 0.912. The topological polar surface area (TPSA) is 18.1 Å². The van der Waals surface area contributed by atoms with E-state index in [-0.39, 0.29) is 0 Å². The molecule has 45 heavy (non-hydrogen) atoms. The number of nitrogens with zero attached hydrogens (tertiary/aromatic N) is 1. The summed E-state index contributed by atoms with van der Waals surface area (Å²) in [6.07, 6.45) is 0. The number of hydrogen-bond donors (Lipinski definition) is 0. The van der Waals surface area contributed by atoms with Gasteiger partial charge in [0.1, 0.15) is 11.2 Å². The van der Waals surface area contributed by atoms with Crippen molar-refractivity contribution in [2.45, 2.75) is 0 Å². The van der Waals surface area contributed by atoms with Gasteiger partial charge in [-0.1, -0.05) is 91.0 Å². The molecule has 3 aromatic heterocycles. The molecule has 0 radical (unpaired) electrons. The number of benzene rings is 7. The summed E-state index contributed by atoms with van der Waals surface area (Å²) in [6, 6.07) is 54.9. The van der Waals surface area contributed by atoms with E-state index in [1.165, 1.54) is 64.2 Å². The van der Waals surface area contributed by atoms with Crippen LogP contribution in [-0.2, 0) is 0 Å². The molecule has 3 heterocycles. The molecule has 10 aromatic rings. The first-order valence-electron chi connectivity index (χ1n) is 15.3. The van der Waals surface area contributed by atoms with Gasteiger partial charge in [-0.2, -0.15) is 0 Å². The molecule has 210 valence electrons. The predicted octanol–water partition coefficient (Wildman–Crippen LogP) is 12.4. The minimum absolute atomic E-state index is 0.912. The van der Waals surface area contributed by atoms with Gasteiger partial charge in [-0.05, 0) is 82.9 Å². The number of para-hydroxylation sites is 2. The molecule has 0 atom stereocenters. The second-order valence-corrected chi connectivity index (χ2v) is 12.8. The molecule has 0 aliphatic carbocycles. The van der Waals surface area contributed by atoms with E-state index in [0.29, 0.717) is 0 Å². The molecule has 7 aromatic carbocycles. The lowest BCUT2D eigenvalue weighted by Gasteiger charge is -2.09.